The molecule has 18 heavy (non-hydrogen) atoms. The van der Waals surface area contributed by atoms with Crippen LogP contribution in [-0.2, 0) is 11.4 Å². The van der Waals surface area contributed by atoms with Gasteiger partial charge in [-0.25, -0.2) is 0 Å². The van der Waals surface area contributed by atoms with Gasteiger partial charge in [-0.3, -0.25) is 9.82 Å². The van der Waals surface area contributed by atoms with Crippen molar-refractivity contribution < 1.29 is 4.84 Å². The zero-order chi connectivity index (χ0) is 12.2. The van der Waals surface area contributed by atoms with Gasteiger partial charge in [-0.15, -0.1) is 0 Å². The van der Waals surface area contributed by atoms with Crippen molar-refractivity contribution in [3.8, 4) is 0 Å². The summed E-state index contributed by atoms with van der Waals surface area (Å²) in [5.41, 5.74) is 2.01. The number of hydrogen-bond donors (Lipinski definition) is 1. The summed E-state index contributed by atoms with van der Waals surface area (Å²) in [7, 11) is 0. The molecule has 1 fully saturated rings. The molecule has 1 N–H and O–H groups in total. The molecule has 1 aromatic heterocycles. The fourth-order valence-corrected chi connectivity index (χ4v) is 2.12. The smallest absolute Gasteiger partial charge is 0.111 e. The number of hydrogen-bond acceptors (Lipinski definition) is 4. The van der Waals surface area contributed by atoms with Crippen LogP contribution in [0.15, 0.2) is 36.4 Å². The minimum Gasteiger partial charge on any atom is -0.314 e. The van der Waals surface area contributed by atoms with Gasteiger partial charge in [-0.05, 0) is 12.1 Å². The molecule has 4 heteroatoms. The molecular formula is C14H17N3O. The summed E-state index contributed by atoms with van der Waals surface area (Å²) in [6.07, 6.45) is 0. The van der Waals surface area contributed by atoms with Crippen LogP contribution >= 0.6 is 0 Å². The quantitative estimate of drug-likeness (QED) is 0.888. The van der Waals surface area contributed by atoms with Gasteiger partial charge in [0.15, 0.2) is 0 Å². The molecular weight excluding hydrogens is 226 g/mol. The number of nitrogens with zero attached hydrogens (tertiary/aromatic N) is 2. The molecule has 2 aromatic rings. The Balaban J connectivity index is 1.66. The van der Waals surface area contributed by atoms with Crippen molar-refractivity contribution in [1.82, 2.24) is 15.4 Å². The van der Waals surface area contributed by atoms with Gasteiger partial charge in [0.1, 0.15) is 6.61 Å². The van der Waals surface area contributed by atoms with Gasteiger partial charge >= 0.3 is 0 Å². The van der Waals surface area contributed by atoms with E-state index in [-0.39, 0.29) is 0 Å². The number of nitrogens with one attached hydrogen (secondary N) is 1. The molecule has 0 atom stereocenters. The Kier molecular flexibility index (Phi) is 3.50. The fraction of sp³-hybridized carbons (Fsp3) is 0.357. The van der Waals surface area contributed by atoms with Gasteiger partial charge in [0, 0.05) is 31.6 Å². The van der Waals surface area contributed by atoms with Crippen molar-refractivity contribution in [2.24, 2.45) is 0 Å². The Bertz CT molecular complexity index is 523. The van der Waals surface area contributed by atoms with Crippen LogP contribution in [0, 0.1) is 0 Å². The van der Waals surface area contributed by atoms with E-state index >= 15 is 0 Å². The predicted octanol–water partition coefficient (Wildman–Crippen LogP) is 1.57. The topological polar surface area (TPSA) is 37.4 Å². The van der Waals surface area contributed by atoms with E-state index in [0.717, 1.165) is 37.4 Å². The van der Waals surface area contributed by atoms with Crippen molar-refractivity contribution in [2.45, 2.75) is 6.61 Å². The highest BCUT2D eigenvalue weighted by molar-refractivity contribution is 5.78. The van der Waals surface area contributed by atoms with E-state index in [4.69, 9.17) is 4.84 Å². The largest absolute Gasteiger partial charge is 0.314 e. The molecule has 1 aromatic carbocycles. The molecule has 0 aliphatic carbocycles. The predicted molar refractivity (Wildman–Crippen MR) is 71.0 cm³/mol. The van der Waals surface area contributed by atoms with Gasteiger partial charge < -0.3 is 5.32 Å². The molecule has 3 rings (SSSR count). The van der Waals surface area contributed by atoms with Crippen molar-refractivity contribution in [3.63, 3.8) is 0 Å². The van der Waals surface area contributed by atoms with Gasteiger partial charge in [-0.1, -0.05) is 24.3 Å². The number of aromatic nitrogens is 1. The number of rotatable bonds is 3. The summed E-state index contributed by atoms with van der Waals surface area (Å²) >= 11 is 0. The Morgan fingerprint density at radius 3 is 2.83 bits per heavy atom. The molecule has 2 heterocycles. The van der Waals surface area contributed by atoms with E-state index in [2.05, 4.69) is 22.4 Å². The maximum atomic E-state index is 5.75. The Hall–Kier alpha value is -1.49. The lowest BCUT2D eigenvalue weighted by molar-refractivity contribution is -0.175. The maximum absolute atomic E-state index is 5.75. The van der Waals surface area contributed by atoms with E-state index in [1.54, 1.807) is 0 Å². The Labute approximate surface area is 107 Å². The minimum absolute atomic E-state index is 0.546. The average molecular weight is 243 g/mol. The third-order valence-corrected chi connectivity index (χ3v) is 3.13. The SMILES string of the molecule is c1ccc2nc(CON3CCNCC3)ccc2c1. The van der Waals surface area contributed by atoms with E-state index in [0.29, 0.717) is 6.61 Å². The molecule has 1 aliphatic rings. The van der Waals surface area contributed by atoms with Crippen molar-refractivity contribution >= 4 is 10.9 Å². The summed E-state index contributed by atoms with van der Waals surface area (Å²) in [5.74, 6) is 0. The van der Waals surface area contributed by atoms with Crippen molar-refractivity contribution in [3.05, 3.63) is 42.1 Å². The molecule has 0 amide bonds. The van der Waals surface area contributed by atoms with Crippen molar-refractivity contribution in [1.29, 1.82) is 0 Å². The van der Waals surface area contributed by atoms with E-state index in [9.17, 15) is 0 Å². The molecule has 0 radical (unpaired) electrons. The second kappa shape index (κ2) is 5.44. The molecule has 0 bridgehead atoms. The fourth-order valence-electron chi connectivity index (χ4n) is 2.12. The summed E-state index contributed by atoms with van der Waals surface area (Å²) in [5, 5.41) is 6.48. The van der Waals surface area contributed by atoms with Gasteiger partial charge in [0.2, 0.25) is 0 Å². The van der Waals surface area contributed by atoms with Crippen LogP contribution < -0.4 is 5.32 Å². The highest BCUT2D eigenvalue weighted by atomic mass is 16.7. The van der Waals surface area contributed by atoms with Crippen molar-refractivity contribution in [2.75, 3.05) is 26.2 Å². The summed E-state index contributed by atoms with van der Waals surface area (Å²) < 4.78 is 0. The lowest BCUT2D eigenvalue weighted by Crippen LogP contribution is -2.43. The Morgan fingerprint density at radius 2 is 1.94 bits per heavy atom. The first kappa shape index (κ1) is 11.6. The summed E-state index contributed by atoms with van der Waals surface area (Å²) in [6.45, 7) is 4.41. The second-order valence-corrected chi connectivity index (χ2v) is 4.45. The zero-order valence-electron chi connectivity index (χ0n) is 10.3. The first-order valence-electron chi connectivity index (χ1n) is 6.35. The number of benzene rings is 1. The molecule has 1 saturated heterocycles. The normalized spacial score (nSPS) is 17.1. The third-order valence-electron chi connectivity index (χ3n) is 3.13. The lowest BCUT2D eigenvalue weighted by Gasteiger charge is -2.26. The third kappa shape index (κ3) is 2.67. The van der Waals surface area contributed by atoms with Crippen LogP contribution in [-0.4, -0.2) is 36.2 Å². The highest BCUT2D eigenvalue weighted by Gasteiger charge is 2.10. The molecule has 0 saturated carbocycles. The van der Waals surface area contributed by atoms with Crippen LogP contribution in [0.25, 0.3) is 10.9 Å². The van der Waals surface area contributed by atoms with E-state index in [1.807, 2.05) is 29.3 Å². The maximum Gasteiger partial charge on any atom is 0.111 e. The number of hydroxylamine groups is 2. The second-order valence-electron chi connectivity index (χ2n) is 4.45. The monoisotopic (exact) mass is 243 g/mol. The zero-order valence-corrected chi connectivity index (χ0v) is 10.3. The number of fused-ring (bicyclic) bond motifs is 1. The molecule has 4 nitrogen and oxygen atoms in total. The van der Waals surface area contributed by atoms with Crippen LogP contribution in [0.2, 0.25) is 0 Å². The highest BCUT2D eigenvalue weighted by Crippen LogP contribution is 2.12. The average Bonchev–Trinajstić information content (AvgIpc) is 2.46. The van der Waals surface area contributed by atoms with Crippen LogP contribution in [0.1, 0.15) is 5.69 Å². The van der Waals surface area contributed by atoms with Crippen LogP contribution in [0.4, 0.5) is 0 Å². The number of piperazine rings is 1. The molecule has 1 aliphatic heterocycles. The van der Waals surface area contributed by atoms with Crippen LogP contribution in [0.5, 0.6) is 0 Å². The summed E-state index contributed by atoms with van der Waals surface area (Å²) in [4.78, 5) is 10.3. The minimum atomic E-state index is 0.546. The van der Waals surface area contributed by atoms with Crippen LogP contribution in [0.3, 0.4) is 0 Å². The molecule has 0 unspecified atom stereocenters. The Morgan fingerprint density at radius 1 is 1.11 bits per heavy atom. The van der Waals surface area contributed by atoms with Gasteiger partial charge in [0.25, 0.3) is 0 Å². The first-order valence-corrected chi connectivity index (χ1v) is 6.35. The summed E-state index contributed by atoms with van der Waals surface area (Å²) in [6, 6.07) is 12.3. The van der Waals surface area contributed by atoms with E-state index in [1.165, 1.54) is 5.39 Å². The number of para-hydroxylation sites is 1. The van der Waals surface area contributed by atoms with Gasteiger partial charge in [0.05, 0.1) is 11.2 Å². The lowest BCUT2D eigenvalue weighted by atomic mass is 10.2. The molecule has 0 spiro atoms. The first-order chi connectivity index (χ1) is 8.92. The molecule has 94 valence electrons. The number of pyridine rings is 1. The van der Waals surface area contributed by atoms with E-state index < -0.39 is 0 Å². The standard InChI is InChI=1S/C14H17N3O/c1-2-4-14-12(3-1)5-6-13(16-14)11-18-17-9-7-15-8-10-17/h1-6,15H,7-11H2. The van der Waals surface area contributed by atoms with Gasteiger partial charge in [-0.2, -0.15) is 5.06 Å².